The number of halogens is 3. The molecule has 1 N–H and O–H groups in total. The molecule has 14 heavy (non-hydrogen) atoms. The average molecular weight is 225 g/mol. The maximum absolute atomic E-state index is 12.5. The fraction of sp³-hybridized carbons (Fsp3) is 0.429. The topological polar surface area (TPSA) is 54.9 Å². The molecular weight excluding hydrogens is 218 g/mol. The highest BCUT2D eigenvalue weighted by molar-refractivity contribution is 6.29. The van der Waals surface area contributed by atoms with Crippen LogP contribution >= 0.6 is 11.6 Å². The van der Waals surface area contributed by atoms with Gasteiger partial charge in [-0.05, 0) is 0 Å². The van der Waals surface area contributed by atoms with Crippen molar-refractivity contribution in [3.05, 3.63) is 32.1 Å². The van der Waals surface area contributed by atoms with Gasteiger partial charge < -0.3 is 0 Å². The number of aromatic nitrogens is 2. The van der Waals surface area contributed by atoms with Crippen LogP contribution in [0.25, 0.3) is 0 Å². The van der Waals surface area contributed by atoms with E-state index in [4.69, 9.17) is 11.6 Å². The minimum Gasteiger partial charge on any atom is -0.298 e. The molecule has 78 valence electrons. The zero-order chi connectivity index (χ0) is 10.9. The lowest BCUT2D eigenvalue weighted by Crippen LogP contribution is -2.39. The molecule has 0 radical (unpaired) electrons. The average Bonchev–Trinajstić information content (AvgIpc) is 1.95. The summed E-state index contributed by atoms with van der Waals surface area (Å²) < 4.78 is 25.4. The Hall–Kier alpha value is -1.17. The Morgan fingerprint density at radius 2 is 2.14 bits per heavy atom. The third-order valence-electron chi connectivity index (χ3n) is 1.42. The fourth-order valence-corrected chi connectivity index (χ4v) is 1.09. The van der Waals surface area contributed by atoms with Crippen LogP contribution in [0, 0.1) is 0 Å². The second-order valence-corrected chi connectivity index (χ2v) is 3.32. The van der Waals surface area contributed by atoms with Crippen LogP contribution in [0.1, 0.15) is 6.92 Å². The van der Waals surface area contributed by atoms with Crippen molar-refractivity contribution in [3.8, 4) is 0 Å². The van der Waals surface area contributed by atoms with Crippen LogP contribution in [0.2, 0.25) is 5.15 Å². The summed E-state index contributed by atoms with van der Waals surface area (Å²) in [7, 11) is 0. The molecular formula is C7H7ClF2N2O2. The van der Waals surface area contributed by atoms with Gasteiger partial charge in [-0.3, -0.25) is 14.3 Å². The lowest BCUT2D eigenvalue weighted by Gasteiger charge is -2.10. The second kappa shape index (κ2) is 3.53. The van der Waals surface area contributed by atoms with Crippen LogP contribution in [-0.2, 0) is 6.54 Å². The summed E-state index contributed by atoms with van der Waals surface area (Å²) >= 11 is 5.34. The molecule has 0 saturated carbocycles. The summed E-state index contributed by atoms with van der Waals surface area (Å²) in [4.78, 5) is 24.1. The number of nitrogens with one attached hydrogen (secondary N) is 1. The number of H-pyrrole nitrogens is 1. The Labute approximate surface area is 82.1 Å². The number of hydrogen-bond donors (Lipinski definition) is 1. The molecule has 0 amide bonds. The van der Waals surface area contributed by atoms with E-state index in [0.29, 0.717) is 11.5 Å². The summed E-state index contributed by atoms with van der Waals surface area (Å²) in [5.74, 6) is -3.12. The van der Waals surface area contributed by atoms with Crippen LogP contribution < -0.4 is 11.2 Å². The normalized spacial score (nSPS) is 11.7. The Kier molecular flexibility index (Phi) is 2.75. The largest absolute Gasteiger partial charge is 0.329 e. The van der Waals surface area contributed by atoms with Crippen molar-refractivity contribution >= 4 is 11.6 Å². The molecule has 0 spiro atoms. The van der Waals surface area contributed by atoms with Crippen LogP contribution in [0.4, 0.5) is 8.78 Å². The maximum atomic E-state index is 12.5. The van der Waals surface area contributed by atoms with Gasteiger partial charge in [-0.15, -0.1) is 0 Å². The molecule has 0 bridgehead atoms. The van der Waals surface area contributed by atoms with E-state index in [-0.39, 0.29) is 5.15 Å². The van der Waals surface area contributed by atoms with Gasteiger partial charge >= 0.3 is 5.69 Å². The Bertz CT molecular complexity index is 415. The molecule has 0 aliphatic heterocycles. The molecule has 0 atom stereocenters. The van der Waals surface area contributed by atoms with Crippen molar-refractivity contribution < 1.29 is 8.78 Å². The number of alkyl halides is 2. The van der Waals surface area contributed by atoms with Gasteiger partial charge in [-0.1, -0.05) is 11.6 Å². The molecule has 0 fully saturated rings. The summed E-state index contributed by atoms with van der Waals surface area (Å²) in [5.41, 5.74) is -1.79. The first kappa shape index (κ1) is 10.9. The monoisotopic (exact) mass is 224 g/mol. The Morgan fingerprint density at radius 3 is 2.57 bits per heavy atom. The minimum atomic E-state index is -3.12. The SMILES string of the molecule is CC(F)(F)Cn1c(=O)cc(Cl)[nH]c1=O. The van der Waals surface area contributed by atoms with Crippen molar-refractivity contribution in [2.45, 2.75) is 19.4 Å². The van der Waals surface area contributed by atoms with Crippen molar-refractivity contribution in [3.63, 3.8) is 0 Å². The van der Waals surface area contributed by atoms with E-state index >= 15 is 0 Å². The summed E-state index contributed by atoms with van der Waals surface area (Å²) in [6, 6.07) is 0.870. The van der Waals surface area contributed by atoms with Crippen LogP contribution in [0.3, 0.4) is 0 Å². The molecule has 0 saturated heterocycles. The van der Waals surface area contributed by atoms with E-state index < -0.39 is 23.7 Å². The number of aromatic amines is 1. The highest BCUT2D eigenvalue weighted by atomic mass is 35.5. The number of hydrogen-bond acceptors (Lipinski definition) is 2. The van der Waals surface area contributed by atoms with Gasteiger partial charge in [0.25, 0.3) is 11.5 Å². The van der Waals surface area contributed by atoms with Gasteiger partial charge in [-0.2, -0.15) is 0 Å². The first-order valence-electron chi connectivity index (χ1n) is 3.67. The van der Waals surface area contributed by atoms with Gasteiger partial charge in [0.1, 0.15) is 5.15 Å². The van der Waals surface area contributed by atoms with E-state index in [1.807, 2.05) is 4.98 Å². The van der Waals surface area contributed by atoms with E-state index in [0.717, 1.165) is 6.07 Å². The van der Waals surface area contributed by atoms with Gasteiger partial charge in [0.2, 0.25) is 0 Å². The summed E-state index contributed by atoms with van der Waals surface area (Å²) in [6.07, 6.45) is 0. The third-order valence-corrected chi connectivity index (χ3v) is 1.63. The molecule has 1 aromatic rings. The smallest absolute Gasteiger partial charge is 0.298 e. The van der Waals surface area contributed by atoms with E-state index in [1.54, 1.807) is 0 Å². The molecule has 0 aliphatic rings. The Morgan fingerprint density at radius 1 is 1.57 bits per heavy atom. The number of rotatable bonds is 2. The van der Waals surface area contributed by atoms with Crippen LogP contribution in [0.15, 0.2) is 15.7 Å². The van der Waals surface area contributed by atoms with E-state index in [9.17, 15) is 18.4 Å². The zero-order valence-corrected chi connectivity index (χ0v) is 7.94. The van der Waals surface area contributed by atoms with Crippen molar-refractivity contribution in [1.82, 2.24) is 9.55 Å². The highest BCUT2D eigenvalue weighted by Gasteiger charge is 2.23. The first-order valence-corrected chi connectivity index (χ1v) is 4.05. The van der Waals surface area contributed by atoms with Crippen molar-refractivity contribution in [2.75, 3.05) is 0 Å². The predicted octanol–water partition coefficient (Wildman–Crippen LogP) is 0.845. The maximum Gasteiger partial charge on any atom is 0.329 e. The van der Waals surface area contributed by atoms with Gasteiger partial charge in [0.05, 0.1) is 6.54 Å². The third kappa shape index (κ3) is 2.66. The molecule has 1 rings (SSSR count). The highest BCUT2D eigenvalue weighted by Crippen LogP contribution is 2.12. The summed E-state index contributed by atoms with van der Waals surface area (Å²) in [5, 5.41) is -0.171. The molecule has 0 unspecified atom stereocenters. The molecule has 7 heteroatoms. The molecule has 4 nitrogen and oxygen atoms in total. The lowest BCUT2D eigenvalue weighted by molar-refractivity contribution is 0.00173. The zero-order valence-electron chi connectivity index (χ0n) is 7.18. The standard InChI is InChI=1S/C7H7ClF2N2O2/c1-7(9,10)3-12-5(13)2-4(8)11-6(12)14/h2H,3H2,1H3,(H,11,14). The quantitative estimate of drug-likeness (QED) is 0.757. The molecule has 0 aliphatic carbocycles. The molecule has 0 aromatic carbocycles. The predicted molar refractivity (Wildman–Crippen MR) is 47.0 cm³/mol. The molecule has 1 heterocycles. The molecule has 1 aromatic heterocycles. The summed E-state index contributed by atoms with van der Waals surface area (Å²) in [6.45, 7) is -0.341. The number of nitrogens with zero attached hydrogens (tertiary/aromatic N) is 1. The van der Waals surface area contributed by atoms with Gasteiger partial charge in [0.15, 0.2) is 0 Å². The van der Waals surface area contributed by atoms with Crippen LogP contribution in [0.5, 0.6) is 0 Å². The van der Waals surface area contributed by atoms with Gasteiger partial charge in [0, 0.05) is 13.0 Å². The van der Waals surface area contributed by atoms with Crippen molar-refractivity contribution in [2.24, 2.45) is 0 Å². The fourth-order valence-electron chi connectivity index (χ4n) is 0.919. The van der Waals surface area contributed by atoms with Gasteiger partial charge in [-0.25, -0.2) is 13.6 Å². The van der Waals surface area contributed by atoms with Crippen LogP contribution in [-0.4, -0.2) is 15.5 Å². The van der Waals surface area contributed by atoms with E-state index in [1.165, 1.54) is 0 Å². The first-order chi connectivity index (χ1) is 6.29. The van der Waals surface area contributed by atoms with Crippen molar-refractivity contribution in [1.29, 1.82) is 0 Å². The second-order valence-electron chi connectivity index (χ2n) is 2.92. The lowest BCUT2D eigenvalue weighted by atomic mass is 10.4. The Balaban J connectivity index is 3.23. The minimum absolute atomic E-state index is 0.171. The van der Waals surface area contributed by atoms with E-state index in [2.05, 4.69) is 0 Å².